The van der Waals surface area contributed by atoms with Gasteiger partial charge in [0.2, 0.25) is 0 Å². The number of amides is 1. The van der Waals surface area contributed by atoms with E-state index in [1.807, 2.05) is 0 Å². The fourth-order valence-corrected chi connectivity index (χ4v) is 0.780. The van der Waals surface area contributed by atoms with Gasteiger partial charge >= 0.3 is 0 Å². The van der Waals surface area contributed by atoms with E-state index < -0.39 is 5.91 Å². The van der Waals surface area contributed by atoms with Gasteiger partial charge in [0.05, 0.1) is 6.20 Å². The third kappa shape index (κ3) is 2.33. The van der Waals surface area contributed by atoms with E-state index >= 15 is 0 Å². The van der Waals surface area contributed by atoms with Gasteiger partial charge in [0.15, 0.2) is 5.11 Å². The molecule has 0 aliphatic carbocycles. The third-order valence-corrected chi connectivity index (χ3v) is 1.77. The fraction of sp³-hybridized carbons (Fsp3) is 0. The fourth-order valence-electron chi connectivity index (χ4n) is 0.610. The maximum Gasteiger partial charge on any atom is 0.295 e. The van der Waals surface area contributed by atoms with Crippen molar-refractivity contribution in [1.29, 1.82) is 0 Å². The number of halogens is 1. The molecule has 0 spiro atoms. The minimum atomic E-state index is -0.595. The summed E-state index contributed by atoms with van der Waals surface area (Å²) in [4.78, 5) is 18.7. The molecule has 13 heavy (non-hydrogen) atoms. The smallest absolute Gasteiger partial charge is 0.295 e. The molecule has 0 saturated carbocycles. The third-order valence-electron chi connectivity index (χ3n) is 1.15. The van der Waals surface area contributed by atoms with E-state index in [2.05, 4.69) is 22.2 Å². The number of aromatic nitrogens is 2. The van der Waals surface area contributed by atoms with Crippen LogP contribution in [-0.4, -0.2) is 25.4 Å². The van der Waals surface area contributed by atoms with E-state index in [0.29, 0.717) is 4.42 Å². The molecule has 68 valence electrons. The molecule has 7 heteroatoms. The van der Waals surface area contributed by atoms with Gasteiger partial charge < -0.3 is 5.73 Å². The lowest BCUT2D eigenvalue weighted by atomic mass is 10.4. The first-order valence-electron chi connectivity index (χ1n) is 3.18. The van der Waals surface area contributed by atoms with Crippen LogP contribution in [0.2, 0.25) is 0 Å². The lowest BCUT2D eigenvalue weighted by molar-refractivity contribution is 0.0909. The van der Waals surface area contributed by atoms with E-state index in [1.54, 1.807) is 0 Å². The van der Waals surface area contributed by atoms with Crippen molar-refractivity contribution in [1.82, 2.24) is 14.4 Å². The zero-order chi connectivity index (χ0) is 9.84. The molecule has 0 aliphatic heterocycles. The molecular formula is C6H5ClN4OS. The predicted molar refractivity (Wildman–Crippen MR) is 50.8 cm³/mol. The molecule has 0 saturated heterocycles. The molecule has 1 aromatic heterocycles. The monoisotopic (exact) mass is 216 g/mol. The van der Waals surface area contributed by atoms with Crippen LogP contribution in [0.4, 0.5) is 0 Å². The first-order chi connectivity index (χ1) is 6.13. The second-order valence-corrected chi connectivity index (χ2v) is 2.77. The summed E-state index contributed by atoms with van der Waals surface area (Å²) in [7, 11) is 0. The van der Waals surface area contributed by atoms with E-state index in [1.165, 1.54) is 18.6 Å². The van der Waals surface area contributed by atoms with Gasteiger partial charge in [0.25, 0.3) is 5.91 Å². The molecule has 5 nitrogen and oxygen atoms in total. The molecule has 0 atom stereocenters. The Morgan fingerprint density at radius 2 is 2.31 bits per heavy atom. The summed E-state index contributed by atoms with van der Waals surface area (Å²) in [6, 6.07) is 0. The number of nitrogens with zero attached hydrogens (tertiary/aromatic N) is 3. The van der Waals surface area contributed by atoms with Gasteiger partial charge in [-0.2, -0.15) is 4.42 Å². The maximum absolute atomic E-state index is 11.3. The van der Waals surface area contributed by atoms with Crippen LogP contribution in [0.1, 0.15) is 10.5 Å². The zero-order valence-electron chi connectivity index (χ0n) is 6.35. The normalized spacial score (nSPS) is 9.31. The van der Waals surface area contributed by atoms with Gasteiger partial charge in [0, 0.05) is 24.2 Å². The van der Waals surface area contributed by atoms with Crippen LogP contribution < -0.4 is 5.73 Å². The highest BCUT2D eigenvalue weighted by Gasteiger charge is 2.16. The Labute approximate surface area is 84.6 Å². The van der Waals surface area contributed by atoms with Gasteiger partial charge in [-0.05, 0) is 12.2 Å². The van der Waals surface area contributed by atoms with Crippen LogP contribution in [-0.2, 0) is 0 Å². The number of rotatable bonds is 1. The van der Waals surface area contributed by atoms with Gasteiger partial charge in [0.1, 0.15) is 5.69 Å². The average Bonchev–Trinajstić information content (AvgIpc) is 2.17. The summed E-state index contributed by atoms with van der Waals surface area (Å²) in [5.74, 6) is -0.595. The Kier molecular flexibility index (Phi) is 3.10. The summed E-state index contributed by atoms with van der Waals surface area (Å²) >= 11 is 9.95. The Hall–Kier alpha value is -1.27. The molecule has 0 unspecified atom stereocenters. The summed E-state index contributed by atoms with van der Waals surface area (Å²) in [5.41, 5.74) is 5.22. The summed E-state index contributed by atoms with van der Waals surface area (Å²) in [6.45, 7) is 0. The van der Waals surface area contributed by atoms with Crippen molar-refractivity contribution in [2.45, 2.75) is 0 Å². The average molecular weight is 217 g/mol. The minimum Gasteiger partial charge on any atom is -0.375 e. The molecule has 0 aliphatic rings. The zero-order valence-corrected chi connectivity index (χ0v) is 7.92. The molecule has 2 N–H and O–H groups in total. The van der Waals surface area contributed by atoms with Crippen LogP contribution >= 0.6 is 24.0 Å². The summed E-state index contributed by atoms with van der Waals surface area (Å²) in [5, 5.41) is -0.225. The highest BCUT2D eigenvalue weighted by Crippen LogP contribution is 2.02. The van der Waals surface area contributed by atoms with Gasteiger partial charge in [-0.3, -0.25) is 9.78 Å². The van der Waals surface area contributed by atoms with Gasteiger partial charge in [-0.25, -0.2) is 4.98 Å². The Bertz CT molecular complexity index is 331. The Morgan fingerprint density at radius 1 is 1.62 bits per heavy atom. The van der Waals surface area contributed by atoms with Crippen molar-refractivity contribution in [2.24, 2.45) is 5.73 Å². The van der Waals surface area contributed by atoms with E-state index in [-0.39, 0.29) is 10.8 Å². The van der Waals surface area contributed by atoms with Crippen LogP contribution in [0.25, 0.3) is 0 Å². The van der Waals surface area contributed by atoms with Crippen molar-refractivity contribution in [3.05, 3.63) is 24.3 Å². The van der Waals surface area contributed by atoms with Crippen molar-refractivity contribution in [2.75, 3.05) is 0 Å². The van der Waals surface area contributed by atoms with Crippen molar-refractivity contribution >= 4 is 35.0 Å². The molecule has 1 amide bonds. The van der Waals surface area contributed by atoms with E-state index in [4.69, 9.17) is 17.5 Å². The first-order valence-corrected chi connectivity index (χ1v) is 3.93. The number of carbonyl (C=O) groups is 1. The second kappa shape index (κ2) is 4.11. The van der Waals surface area contributed by atoms with Crippen molar-refractivity contribution in [3.8, 4) is 0 Å². The van der Waals surface area contributed by atoms with Crippen LogP contribution in [0.15, 0.2) is 18.6 Å². The standard InChI is InChI=1S/C6H5ClN4OS/c7-11(6(8)13)5(12)4-3-9-1-2-10-4/h1-3H,(H2,8,13). The largest absolute Gasteiger partial charge is 0.375 e. The molecule has 1 heterocycles. The highest BCUT2D eigenvalue weighted by atomic mass is 35.5. The lowest BCUT2D eigenvalue weighted by Gasteiger charge is -2.09. The summed E-state index contributed by atoms with van der Waals surface area (Å²) < 4.78 is 0.610. The lowest BCUT2D eigenvalue weighted by Crippen LogP contribution is -2.33. The number of hydrogen-bond donors (Lipinski definition) is 1. The molecule has 0 bridgehead atoms. The van der Waals surface area contributed by atoms with Crippen molar-refractivity contribution in [3.63, 3.8) is 0 Å². The molecule has 0 aromatic carbocycles. The minimum absolute atomic E-state index is 0.0882. The molecule has 1 aromatic rings. The van der Waals surface area contributed by atoms with Crippen LogP contribution in [0.5, 0.6) is 0 Å². The number of carbonyl (C=O) groups excluding carboxylic acids is 1. The molecular weight excluding hydrogens is 212 g/mol. The number of hydrogen-bond acceptors (Lipinski definition) is 4. The SMILES string of the molecule is NC(=S)N(Cl)C(=O)c1cnccn1. The number of thiocarbonyl (C=S) groups is 1. The first kappa shape index (κ1) is 9.82. The van der Waals surface area contributed by atoms with Crippen LogP contribution in [0.3, 0.4) is 0 Å². The highest BCUT2D eigenvalue weighted by molar-refractivity contribution is 7.80. The predicted octanol–water partition coefficient (Wildman–Crippen LogP) is 0.316. The van der Waals surface area contributed by atoms with E-state index in [0.717, 1.165) is 0 Å². The van der Waals surface area contributed by atoms with Gasteiger partial charge in [-0.15, -0.1) is 0 Å². The Balaban J connectivity index is 2.86. The molecule has 1 rings (SSSR count). The Morgan fingerprint density at radius 3 is 2.77 bits per heavy atom. The second-order valence-electron chi connectivity index (χ2n) is 2.01. The molecule has 0 fully saturated rings. The number of nitrogens with two attached hydrogens (primary N) is 1. The quantitative estimate of drug-likeness (QED) is 0.541. The molecule has 0 radical (unpaired) electrons. The van der Waals surface area contributed by atoms with Crippen molar-refractivity contribution < 1.29 is 4.79 Å². The summed E-state index contributed by atoms with van der Waals surface area (Å²) in [6.07, 6.45) is 4.09. The van der Waals surface area contributed by atoms with Gasteiger partial charge in [-0.1, -0.05) is 0 Å². The topological polar surface area (TPSA) is 72.1 Å². The van der Waals surface area contributed by atoms with E-state index in [9.17, 15) is 4.79 Å². The van der Waals surface area contributed by atoms with Crippen LogP contribution in [0, 0.1) is 0 Å². The maximum atomic E-state index is 11.3.